The number of amides is 2. The molecular formula is C22H19FN2O6. The Kier molecular flexibility index (Phi) is 5.43. The van der Waals surface area contributed by atoms with E-state index in [2.05, 4.69) is 0 Å². The van der Waals surface area contributed by atoms with Gasteiger partial charge in [0.2, 0.25) is 5.76 Å². The van der Waals surface area contributed by atoms with E-state index in [1.807, 2.05) is 0 Å². The Bertz CT molecular complexity index is 1220. The molecule has 9 heteroatoms. The summed E-state index contributed by atoms with van der Waals surface area (Å²) in [5.74, 6) is -1.30. The molecule has 31 heavy (non-hydrogen) atoms. The zero-order chi connectivity index (χ0) is 22.1. The number of halogens is 1. The highest BCUT2D eigenvalue weighted by Gasteiger charge is 2.42. The number of primary amides is 1. The van der Waals surface area contributed by atoms with Crippen molar-refractivity contribution in [3.05, 3.63) is 75.4 Å². The van der Waals surface area contributed by atoms with Gasteiger partial charge in [0.15, 0.2) is 12.0 Å². The van der Waals surface area contributed by atoms with Gasteiger partial charge in [-0.2, -0.15) is 0 Å². The van der Waals surface area contributed by atoms with E-state index in [0.717, 1.165) is 6.07 Å². The van der Waals surface area contributed by atoms with E-state index in [0.29, 0.717) is 11.3 Å². The van der Waals surface area contributed by atoms with Crippen LogP contribution in [0.15, 0.2) is 51.7 Å². The third-order valence-corrected chi connectivity index (χ3v) is 5.04. The quantitative estimate of drug-likeness (QED) is 0.618. The first-order valence-electron chi connectivity index (χ1n) is 9.48. The molecule has 2 aromatic carbocycles. The first kappa shape index (κ1) is 20.5. The summed E-state index contributed by atoms with van der Waals surface area (Å²) in [5.41, 5.74) is 5.52. The van der Waals surface area contributed by atoms with E-state index in [-0.39, 0.29) is 42.1 Å². The predicted octanol–water partition coefficient (Wildman–Crippen LogP) is 1.99. The first-order valence-corrected chi connectivity index (χ1v) is 9.48. The monoisotopic (exact) mass is 426 g/mol. The molecule has 2 amide bonds. The summed E-state index contributed by atoms with van der Waals surface area (Å²) in [7, 11) is 1.51. The molecule has 0 fully saturated rings. The summed E-state index contributed by atoms with van der Waals surface area (Å²) in [5, 5.41) is 0.0616. The van der Waals surface area contributed by atoms with Crippen molar-refractivity contribution in [3.8, 4) is 5.75 Å². The molecule has 2 heterocycles. The number of nitrogens with zero attached hydrogens (tertiary/aromatic N) is 1. The Labute approximate surface area is 176 Å². The predicted molar refractivity (Wildman–Crippen MR) is 108 cm³/mol. The van der Waals surface area contributed by atoms with E-state index in [1.165, 1.54) is 24.1 Å². The Morgan fingerprint density at radius 2 is 1.94 bits per heavy atom. The van der Waals surface area contributed by atoms with Crippen LogP contribution in [-0.2, 0) is 9.53 Å². The second-order valence-corrected chi connectivity index (χ2v) is 7.03. The Morgan fingerprint density at radius 1 is 1.19 bits per heavy atom. The number of carbonyl (C=O) groups is 2. The van der Waals surface area contributed by atoms with Crippen LogP contribution in [-0.4, -0.2) is 43.6 Å². The molecule has 160 valence electrons. The average molecular weight is 426 g/mol. The SMILES string of the molecule is COCCN1C(=O)c2oc3ccc(F)cc3c(=O)c2C1c1ccc(OCC(N)=O)cc1. The van der Waals surface area contributed by atoms with Gasteiger partial charge in [-0.3, -0.25) is 14.4 Å². The van der Waals surface area contributed by atoms with E-state index in [1.54, 1.807) is 24.3 Å². The van der Waals surface area contributed by atoms with Crippen molar-refractivity contribution in [1.82, 2.24) is 4.90 Å². The van der Waals surface area contributed by atoms with Crippen LogP contribution in [0.4, 0.5) is 4.39 Å². The fraction of sp³-hybridized carbons (Fsp3) is 0.227. The van der Waals surface area contributed by atoms with E-state index in [4.69, 9.17) is 19.6 Å². The molecule has 1 aliphatic rings. The largest absolute Gasteiger partial charge is 0.484 e. The zero-order valence-corrected chi connectivity index (χ0v) is 16.6. The van der Waals surface area contributed by atoms with Gasteiger partial charge in [0, 0.05) is 13.7 Å². The molecule has 0 radical (unpaired) electrons. The number of benzene rings is 2. The first-order chi connectivity index (χ1) is 14.9. The zero-order valence-electron chi connectivity index (χ0n) is 16.6. The summed E-state index contributed by atoms with van der Waals surface area (Å²) in [4.78, 5) is 38.7. The highest BCUT2D eigenvalue weighted by atomic mass is 19.1. The topological polar surface area (TPSA) is 112 Å². The van der Waals surface area contributed by atoms with Crippen molar-refractivity contribution in [3.63, 3.8) is 0 Å². The van der Waals surface area contributed by atoms with Crippen molar-refractivity contribution in [2.24, 2.45) is 5.73 Å². The van der Waals surface area contributed by atoms with Crippen LogP contribution < -0.4 is 15.9 Å². The number of fused-ring (bicyclic) bond motifs is 2. The number of nitrogens with two attached hydrogens (primary N) is 1. The molecule has 2 N–H and O–H groups in total. The van der Waals surface area contributed by atoms with Crippen LogP contribution in [0.3, 0.4) is 0 Å². The van der Waals surface area contributed by atoms with Crippen LogP contribution in [0.5, 0.6) is 5.75 Å². The summed E-state index contributed by atoms with van der Waals surface area (Å²) in [6.07, 6.45) is 0. The molecule has 0 bridgehead atoms. The lowest BCUT2D eigenvalue weighted by molar-refractivity contribution is -0.119. The van der Waals surface area contributed by atoms with Gasteiger partial charge in [-0.25, -0.2) is 4.39 Å². The fourth-order valence-electron chi connectivity index (χ4n) is 3.66. The van der Waals surface area contributed by atoms with E-state index < -0.39 is 29.1 Å². The van der Waals surface area contributed by atoms with Gasteiger partial charge in [-0.1, -0.05) is 12.1 Å². The maximum absolute atomic E-state index is 13.8. The molecule has 3 aromatic rings. The third-order valence-electron chi connectivity index (χ3n) is 5.04. The van der Waals surface area contributed by atoms with Crippen LogP contribution >= 0.6 is 0 Å². The number of rotatable bonds is 7. The van der Waals surface area contributed by atoms with E-state index in [9.17, 15) is 18.8 Å². The van der Waals surface area contributed by atoms with Crippen molar-refractivity contribution < 1.29 is 27.9 Å². The summed E-state index contributed by atoms with van der Waals surface area (Å²) >= 11 is 0. The highest BCUT2D eigenvalue weighted by molar-refractivity contribution is 5.99. The van der Waals surface area contributed by atoms with Gasteiger partial charge < -0.3 is 24.5 Å². The van der Waals surface area contributed by atoms with Crippen molar-refractivity contribution in [2.75, 3.05) is 26.9 Å². The highest BCUT2D eigenvalue weighted by Crippen LogP contribution is 2.38. The normalized spacial score (nSPS) is 15.4. The Morgan fingerprint density at radius 3 is 2.61 bits per heavy atom. The van der Waals surface area contributed by atoms with Gasteiger partial charge in [0.25, 0.3) is 11.8 Å². The molecule has 0 saturated carbocycles. The average Bonchev–Trinajstić information content (AvgIpc) is 3.03. The Hall–Kier alpha value is -3.72. The Balaban J connectivity index is 1.82. The number of hydrogen-bond acceptors (Lipinski definition) is 6. The molecule has 1 unspecified atom stereocenters. The number of ether oxygens (including phenoxy) is 2. The van der Waals surface area contributed by atoms with Crippen molar-refractivity contribution >= 4 is 22.8 Å². The molecule has 0 spiro atoms. The molecule has 0 aliphatic carbocycles. The summed E-state index contributed by atoms with van der Waals surface area (Å²) in [6, 6.07) is 9.43. The van der Waals surface area contributed by atoms with Gasteiger partial charge >= 0.3 is 0 Å². The fourth-order valence-corrected chi connectivity index (χ4v) is 3.66. The smallest absolute Gasteiger partial charge is 0.290 e. The van der Waals surface area contributed by atoms with Gasteiger partial charge in [-0.05, 0) is 35.9 Å². The third kappa shape index (κ3) is 3.75. The maximum Gasteiger partial charge on any atom is 0.290 e. The minimum absolute atomic E-state index is 0.0616. The lowest BCUT2D eigenvalue weighted by Gasteiger charge is -2.25. The van der Waals surface area contributed by atoms with Crippen LogP contribution in [0.25, 0.3) is 11.0 Å². The van der Waals surface area contributed by atoms with Crippen molar-refractivity contribution in [1.29, 1.82) is 0 Å². The number of carbonyl (C=O) groups excluding carboxylic acids is 2. The molecule has 0 saturated heterocycles. The van der Waals surface area contributed by atoms with Crippen LogP contribution in [0.1, 0.15) is 27.7 Å². The molecule has 1 atom stereocenters. The van der Waals surface area contributed by atoms with Gasteiger partial charge in [0.05, 0.1) is 23.6 Å². The number of hydrogen-bond donors (Lipinski definition) is 1. The van der Waals surface area contributed by atoms with Crippen LogP contribution in [0.2, 0.25) is 0 Å². The van der Waals surface area contributed by atoms with Gasteiger partial charge in [-0.15, -0.1) is 0 Å². The van der Waals surface area contributed by atoms with Crippen molar-refractivity contribution in [2.45, 2.75) is 6.04 Å². The number of methoxy groups -OCH3 is 1. The molecular weight excluding hydrogens is 407 g/mol. The minimum atomic E-state index is -0.744. The molecule has 1 aliphatic heterocycles. The molecule has 8 nitrogen and oxygen atoms in total. The minimum Gasteiger partial charge on any atom is -0.484 e. The molecule has 4 rings (SSSR count). The maximum atomic E-state index is 13.8. The standard InChI is InChI=1S/C22H19FN2O6/c1-29-9-8-25-19(12-2-5-14(6-3-12)30-11-17(24)26)18-20(27)15-10-13(23)4-7-16(15)31-21(18)22(25)28/h2-7,10,19H,8-9,11H2,1H3,(H2,24,26). The molecule has 1 aromatic heterocycles. The lowest BCUT2D eigenvalue weighted by Crippen LogP contribution is -2.32. The summed E-state index contributed by atoms with van der Waals surface area (Å²) in [6.45, 7) is 0.192. The summed E-state index contributed by atoms with van der Waals surface area (Å²) < 4.78 is 29.9. The van der Waals surface area contributed by atoms with E-state index >= 15 is 0 Å². The van der Waals surface area contributed by atoms with Gasteiger partial charge in [0.1, 0.15) is 17.1 Å². The second kappa shape index (κ2) is 8.19. The second-order valence-electron chi connectivity index (χ2n) is 7.03. The lowest BCUT2D eigenvalue weighted by atomic mass is 9.98. The van der Waals surface area contributed by atoms with Crippen LogP contribution in [0, 0.1) is 5.82 Å².